The number of halogens is 1. The Hall–Kier alpha value is -3.45. The number of carbonyl (C=O) groups is 1. The summed E-state index contributed by atoms with van der Waals surface area (Å²) in [4.78, 5) is 19.1. The molecule has 1 aromatic heterocycles. The first-order valence-corrected chi connectivity index (χ1v) is 11.0. The zero-order chi connectivity index (χ0) is 23.4. The van der Waals surface area contributed by atoms with Crippen molar-refractivity contribution in [3.63, 3.8) is 0 Å². The third-order valence-corrected chi connectivity index (χ3v) is 6.12. The number of aromatic nitrogens is 2. The zero-order valence-corrected chi connectivity index (χ0v) is 18.9. The summed E-state index contributed by atoms with van der Waals surface area (Å²) in [6.45, 7) is 3.24. The number of methoxy groups -OCH3 is 1. The van der Waals surface area contributed by atoms with E-state index in [0.29, 0.717) is 30.7 Å². The summed E-state index contributed by atoms with van der Waals surface area (Å²) in [5.74, 6) is 0.148. The fourth-order valence-electron chi connectivity index (χ4n) is 4.20. The highest BCUT2D eigenvalue weighted by atomic mass is 19.1. The average Bonchev–Trinajstić information content (AvgIpc) is 3.16. The van der Waals surface area contributed by atoms with E-state index in [4.69, 9.17) is 4.74 Å². The number of hydrogen-bond acceptors (Lipinski definition) is 5. The van der Waals surface area contributed by atoms with Gasteiger partial charge in [0.1, 0.15) is 11.6 Å². The smallest absolute Gasteiger partial charge is 0.187 e. The first-order chi connectivity index (χ1) is 15.9. The SMILES string of the molecule is COc1cc(C(=O)C=CN2CCCC(O)(c3ccc(F)cc3)CC2)ccc1-n1cnc(C)c1. The quantitative estimate of drug-likeness (QED) is 0.446. The Morgan fingerprint density at radius 3 is 2.67 bits per heavy atom. The number of likely N-dealkylation sites (tertiary alicyclic amines) is 1. The normalized spacial score (nSPS) is 19.0. The van der Waals surface area contributed by atoms with Gasteiger partial charge in [-0.15, -0.1) is 0 Å². The topological polar surface area (TPSA) is 67.6 Å². The van der Waals surface area contributed by atoms with E-state index in [9.17, 15) is 14.3 Å². The first kappa shape index (κ1) is 22.7. The Balaban J connectivity index is 1.43. The molecule has 0 saturated carbocycles. The van der Waals surface area contributed by atoms with E-state index in [-0.39, 0.29) is 11.6 Å². The van der Waals surface area contributed by atoms with Gasteiger partial charge >= 0.3 is 0 Å². The third kappa shape index (κ3) is 5.14. The molecule has 1 atom stereocenters. The van der Waals surface area contributed by atoms with E-state index in [1.54, 1.807) is 50.0 Å². The molecular weight excluding hydrogens is 421 g/mol. The van der Waals surface area contributed by atoms with Crippen LogP contribution in [0.25, 0.3) is 5.69 Å². The van der Waals surface area contributed by atoms with Gasteiger partial charge in [-0.1, -0.05) is 12.1 Å². The minimum absolute atomic E-state index is 0.125. The molecule has 0 radical (unpaired) electrons. The highest BCUT2D eigenvalue weighted by molar-refractivity contribution is 6.04. The maximum atomic E-state index is 13.3. The summed E-state index contributed by atoms with van der Waals surface area (Å²) in [6.07, 6.45) is 8.80. The summed E-state index contributed by atoms with van der Waals surface area (Å²) in [7, 11) is 1.58. The van der Waals surface area contributed by atoms with Gasteiger partial charge in [-0.2, -0.15) is 0 Å². The fraction of sp³-hybridized carbons (Fsp3) is 0.308. The minimum atomic E-state index is -0.991. The third-order valence-electron chi connectivity index (χ3n) is 6.12. The Labute approximate surface area is 192 Å². The summed E-state index contributed by atoms with van der Waals surface area (Å²) < 4.78 is 20.6. The molecule has 0 bridgehead atoms. The number of aliphatic hydroxyl groups is 1. The van der Waals surface area contributed by atoms with Crippen molar-refractivity contribution < 1.29 is 19.0 Å². The predicted octanol–water partition coefficient (Wildman–Crippen LogP) is 4.40. The van der Waals surface area contributed by atoms with E-state index in [1.807, 2.05) is 28.7 Å². The second-order valence-electron chi connectivity index (χ2n) is 8.42. The van der Waals surface area contributed by atoms with Crippen molar-refractivity contribution in [2.45, 2.75) is 31.8 Å². The van der Waals surface area contributed by atoms with Crippen LogP contribution in [0.15, 0.2) is 67.3 Å². The van der Waals surface area contributed by atoms with Crippen molar-refractivity contribution in [3.8, 4) is 11.4 Å². The molecule has 1 aliphatic heterocycles. The van der Waals surface area contributed by atoms with Gasteiger partial charge in [0, 0.05) is 37.1 Å². The number of rotatable bonds is 6. The van der Waals surface area contributed by atoms with Crippen LogP contribution in [0.1, 0.15) is 40.9 Å². The van der Waals surface area contributed by atoms with E-state index < -0.39 is 5.60 Å². The number of aryl methyl sites for hydroxylation is 1. The number of hydrogen-bond donors (Lipinski definition) is 1. The molecule has 0 aliphatic carbocycles. The van der Waals surface area contributed by atoms with Crippen LogP contribution in [0.5, 0.6) is 5.75 Å². The van der Waals surface area contributed by atoms with Gasteiger partial charge in [-0.3, -0.25) is 4.79 Å². The van der Waals surface area contributed by atoms with Crippen molar-refractivity contribution in [1.82, 2.24) is 14.5 Å². The highest BCUT2D eigenvalue weighted by Crippen LogP contribution is 2.33. The summed E-state index contributed by atoms with van der Waals surface area (Å²) in [5.41, 5.74) is 1.97. The van der Waals surface area contributed by atoms with Crippen LogP contribution in [-0.4, -0.2) is 45.5 Å². The molecule has 0 amide bonds. The monoisotopic (exact) mass is 449 g/mol. The van der Waals surface area contributed by atoms with E-state index >= 15 is 0 Å². The summed E-state index contributed by atoms with van der Waals surface area (Å²) in [6, 6.07) is 11.4. The first-order valence-electron chi connectivity index (χ1n) is 11.0. The maximum absolute atomic E-state index is 13.3. The maximum Gasteiger partial charge on any atom is 0.187 e. The van der Waals surface area contributed by atoms with Crippen molar-refractivity contribution >= 4 is 5.78 Å². The van der Waals surface area contributed by atoms with Crippen LogP contribution in [0, 0.1) is 12.7 Å². The molecule has 2 aromatic carbocycles. The molecule has 1 fully saturated rings. The van der Waals surface area contributed by atoms with Gasteiger partial charge in [0.25, 0.3) is 0 Å². The molecule has 4 rings (SSSR count). The van der Waals surface area contributed by atoms with Crippen molar-refractivity contribution in [3.05, 3.63) is 89.9 Å². The Bertz CT molecular complexity index is 1160. The molecule has 0 spiro atoms. The largest absolute Gasteiger partial charge is 0.495 e. The van der Waals surface area contributed by atoms with Crippen LogP contribution in [-0.2, 0) is 5.60 Å². The molecule has 6 nitrogen and oxygen atoms in total. The second-order valence-corrected chi connectivity index (χ2v) is 8.42. The van der Waals surface area contributed by atoms with Crippen LogP contribution in [0.4, 0.5) is 4.39 Å². The van der Waals surface area contributed by atoms with Gasteiger partial charge in [-0.25, -0.2) is 9.37 Å². The lowest BCUT2D eigenvalue weighted by molar-refractivity contribution is 0.0222. The van der Waals surface area contributed by atoms with Crippen molar-refractivity contribution in [1.29, 1.82) is 0 Å². The molecule has 1 aliphatic rings. The number of nitrogens with zero attached hydrogens (tertiary/aromatic N) is 3. The molecule has 7 heteroatoms. The highest BCUT2D eigenvalue weighted by Gasteiger charge is 2.31. The molecule has 2 heterocycles. The molecule has 172 valence electrons. The predicted molar refractivity (Wildman–Crippen MR) is 124 cm³/mol. The van der Waals surface area contributed by atoms with Crippen molar-refractivity contribution in [2.75, 3.05) is 20.2 Å². The minimum Gasteiger partial charge on any atom is -0.495 e. The van der Waals surface area contributed by atoms with E-state index in [0.717, 1.165) is 29.9 Å². The van der Waals surface area contributed by atoms with Gasteiger partial charge in [-0.05, 0) is 62.1 Å². The molecule has 1 saturated heterocycles. The van der Waals surface area contributed by atoms with Crippen molar-refractivity contribution in [2.24, 2.45) is 0 Å². The zero-order valence-electron chi connectivity index (χ0n) is 18.9. The van der Waals surface area contributed by atoms with Gasteiger partial charge in [0.2, 0.25) is 0 Å². The van der Waals surface area contributed by atoms with Gasteiger partial charge in [0.05, 0.1) is 30.4 Å². The average molecular weight is 450 g/mol. The summed E-state index contributed by atoms with van der Waals surface area (Å²) in [5, 5.41) is 11.1. The van der Waals surface area contributed by atoms with Gasteiger partial charge in [0.15, 0.2) is 5.78 Å². The number of imidazole rings is 1. The lowest BCUT2D eigenvalue weighted by Crippen LogP contribution is -2.27. The Morgan fingerprint density at radius 1 is 1.18 bits per heavy atom. The standard InChI is InChI=1S/C26H28FN3O3/c1-19-17-30(18-28-19)23-9-4-20(16-25(23)33-2)24(31)10-14-29-13-3-11-26(32,12-15-29)21-5-7-22(27)8-6-21/h4-10,14,16-18,32H,3,11-13,15H2,1-2H3. The molecule has 3 aromatic rings. The second kappa shape index (κ2) is 9.58. The summed E-state index contributed by atoms with van der Waals surface area (Å²) >= 11 is 0. The lowest BCUT2D eigenvalue weighted by Gasteiger charge is -2.27. The number of carbonyl (C=O) groups excluding carboxylic acids is 1. The molecular formula is C26H28FN3O3. The molecule has 33 heavy (non-hydrogen) atoms. The number of benzene rings is 2. The van der Waals surface area contributed by atoms with Gasteiger partial charge < -0.3 is 19.3 Å². The lowest BCUT2D eigenvalue weighted by atomic mass is 9.87. The Kier molecular flexibility index (Phi) is 6.60. The van der Waals surface area contributed by atoms with Crippen LogP contribution < -0.4 is 4.74 Å². The van der Waals surface area contributed by atoms with Crippen LogP contribution in [0.3, 0.4) is 0 Å². The molecule has 1 unspecified atom stereocenters. The van der Waals surface area contributed by atoms with Crippen LogP contribution >= 0.6 is 0 Å². The molecule has 1 N–H and O–H groups in total. The number of ketones is 1. The fourth-order valence-corrected chi connectivity index (χ4v) is 4.20. The van der Waals surface area contributed by atoms with Crippen LogP contribution in [0.2, 0.25) is 0 Å². The Morgan fingerprint density at radius 2 is 1.97 bits per heavy atom. The number of ether oxygens (including phenoxy) is 1. The van der Waals surface area contributed by atoms with E-state index in [1.165, 1.54) is 12.1 Å². The number of allylic oxidation sites excluding steroid dienone is 1. The van der Waals surface area contributed by atoms with E-state index in [2.05, 4.69) is 4.98 Å².